The summed E-state index contributed by atoms with van der Waals surface area (Å²) in [5, 5.41) is 9.62. The van der Waals surface area contributed by atoms with Gasteiger partial charge in [-0.15, -0.1) is 0 Å². The second kappa shape index (κ2) is 14.2. The molecule has 0 fully saturated rings. The van der Waals surface area contributed by atoms with Crippen LogP contribution in [0.25, 0.3) is 28.5 Å². The van der Waals surface area contributed by atoms with Gasteiger partial charge in [-0.05, 0) is 187 Å². The summed E-state index contributed by atoms with van der Waals surface area (Å²) < 4.78 is 0. The lowest BCUT2D eigenvalue weighted by Gasteiger charge is -2.40. The van der Waals surface area contributed by atoms with E-state index in [-0.39, 0.29) is 0 Å². The van der Waals surface area contributed by atoms with Gasteiger partial charge in [-0.3, -0.25) is 0 Å². The van der Waals surface area contributed by atoms with Crippen LogP contribution in [0.3, 0.4) is 0 Å². The highest BCUT2D eigenvalue weighted by Gasteiger charge is 2.37. The van der Waals surface area contributed by atoms with Gasteiger partial charge in [0, 0.05) is 11.6 Å². The number of hydrogen-bond donors (Lipinski definition) is 1. The highest BCUT2D eigenvalue weighted by molar-refractivity contribution is 5.97. The van der Waals surface area contributed by atoms with Gasteiger partial charge in [0.2, 0.25) is 0 Å². The van der Waals surface area contributed by atoms with E-state index in [4.69, 9.17) is 6.58 Å². The smallest absolute Gasteiger partial charge is 0.0525 e. The largest absolute Gasteiger partial charge is 0.382 e. The number of fused-ring (bicyclic) bond motifs is 5. The Bertz CT molecular complexity index is 2260. The zero-order valence-electron chi connectivity index (χ0n) is 31.5. The SMILES string of the molecule is C=C(CC/C(=C\C)c1c2c(c(C3CCC=C(C)N3)c3ccccc13)=CCCC=2)C1=C2C=CCCC2=C(C2=CC3=CC=CCC3CC2)C2=CCCCC21. The van der Waals surface area contributed by atoms with Crippen LogP contribution in [0.2, 0.25) is 0 Å². The highest BCUT2D eigenvalue weighted by atomic mass is 14.9. The molecule has 1 heterocycles. The average molecular weight is 682 g/mol. The maximum atomic E-state index is 4.96. The van der Waals surface area contributed by atoms with Gasteiger partial charge in [-0.2, -0.15) is 0 Å². The molecule has 1 nitrogen and oxygen atoms in total. The molecule has 6 aliphatic carbocycles. The Morgan fingerprint density at radius 1 is 0.885 bits per heavy atom. The van der Waals surface area contributed by atoms with E-state index in [1.807, 2.05) is 0 Å². The predicted octanol–water partition coefficient (Wildman–Crippen LogP) is 12.2. The molecule has 1 N–H and O–H groups in total. The van der Waals surface area contributed by atoms with Crippen LogP contribution in [0.4, 0.5) is 0 Å². The lowest BCUT2D eigenvalue weighted by Crippen LogP contribution is -2.38. The zero-order valence-corrected chi connectivity index (χ0v) is 31.5. The van der Waals surface area contributed by atoms with E-state index < -0.39 is 0 Å². The van der Waals surface area contributed by atoms with Crippen molar-refractivity contribution in [3.05, 3.63) is 157 Å². The van der Waals surface area contributed by atoms with E-state index in [0.717, 1.165) is 51.4 Å². The first-order valence-electron chi connectivity index (χ1n) is 20.5. The van der Waals surface area contributed by atoms with Crippen molar-refractivity contribution in [3.63, 3.8) is 0 Å². The molecule has 52 heavy (non-hydrogen) atoms. The lowest BCUT2D eigenvalue weighted by atomic mass is 9.64. The maximum absolute atomic E-state index is 4.96. The molecular weight excluding hydrogens is 627 g/mol. The predicted molar refractivity (Wildman–Crippen MR) is 223 cm³/mol. The summed E-state index contributed by atoms with van der Waals surface area (Å²) in [5.41, 5.74) is 18.1. The second-order valence-electron chi connectivity index (χ2n) is 16.2. The summed E-state index contributed by atoms with van der Waals surface area (Å²) in [4.78, 5) is 0. The van der Waals surface area contributed by atoms with Crippen LogP contribution in [0, 0.1) is 11.8 Å². The van der Waals surface area contributed by atoms with Crippen molar-refractivity contribution < 1.29 is 0 Å². The topological polar surface area (TPSA) is 12.0 Å². The van der Waals surface area contributed by atoms with Gasteiger partial charge in [0.15, 0.2) is 0 Å². The molecule has 3 unspecified atom stereocenters. The highest BCUT2D eigenvalue weighted by Crippen LogP contribution is 2.53. The van der Waals surface area contributed by atoms with Gasteiger partial charge in [0.1, 0.15) is 0 Å². The van der Waals surface area contributed by atoms with E-state index in [0.29, 0.717) is 17.9 Å². The van der Waals surface area contributed by atoms with Crippen molar-refractivity contribution in [2.75, 3.05) is 0 Å². The third-order valence-corrected chi connectivity index (χ3v) is 13.2. The average Bonchev–Trinajstić information content (AvgIpc) is 3.19. The minimum atomic E-state index is 0.351. The number of benzene rings is 2. The van der Waals surface area contributed by atoms with Gasteiger partial charge >= 0.3 is 0 Å². The summed E-state index contributed by atoms with van der Waals surface area (Å²) in [6.45, 7) is 9.44. The van der Waals surface area contributed by atoms with Crippen molar-refractivity contribution in [3.8, 4) is 0 Å². The molecule has 0 saturated carbocycles. The first-order chi connectivity index (χ1) is 25.6. The van der Waals surface area contributed by atoms with Crippen LogP contribution < -0.4 is 15.8 Å². The van der Waals surface area contributed by atoms with Crippen molar-refractivity contribution in [2.24, 2.45) is 11.8 Å². The Morgan fingerprint density at radius 2 is 1.75 bits per heavy atom. The molecule has 0 aromatic heterocycles. The fourth-order valence-electron chi connectivity index (χ4n) is 10.8. The standard InChI is InChI=1S/C51H55N/c1-4-35(49-43-23-11-13-25-45(43)51(46-26-14-12-24-44(46)49)47-27-15-16-34(3)52-47)29-28-33(2)48-39-19-7-9-21-41(39)50(42-22-10-8-20-40(42)48)38-31-30-36-17-5-6-18-37(36)32-38/h4-7,11,13,16,18-19,22-26,32,36,40,47,52H,2,8-10,12,14-15,17,20-21,27-31H2,1,3H3/b35-4+. The van der Waals surface area contributed by atoms with Crippen LogP contribution in [0.15, 0.2) is 136 Å². The summed E-state index contributed by atoms with van der Waals surface area (Å²) >= 11 is 0. The molecule has 1 aliphatic heterocycles. The molecule has 0 amide bonds. The zero-order chi connectivity index (χ0) is 35.2. The van der Waals surface area contributed by atoms with Crippen LogP contribution in [-0.2, 0) is 0 Å². The van der Waals surface area contributed by atoms with Gasteiger partial charge in [0.05, 0.1) is 6.04 Å². The first kappa shape index (κ1) is 33.5. The molecular formula is C51H55N. The maximum Gasteiger partial charge on any atom is 0.0525 e. The fraction of sp³-hybridized carbons (Fsp3) is 0.373. The molecule has 1 heteroatoms. The van der Waals surface area contributed by atoms with Crippen molar-refractivity contribution in [2.45, 2.75) is 110 Å². The molecule has 0 spiro atoms. The van der Waals surface area contributed by atoms with Crippen molar-refractivity contribution in [1.29, 1.82) is 0 Å². The number of rotatable bonds is 7. The fourth-order valence-corrected chi connectivity index (χ4v) is 10.8. The number of hydrogen-bond acceptors (Lipinski definition) is 1. The lowest BCUT2D eigenvalue weighted by molar-refractivity contribution is 0.529. The van der Waals surface area contributed by atoms with Crippen molar-refractivity contribution in [1.82, 2.24) is 5.32 Å². The van der Waals surface area contributed by atoms with Gasteiger partial charge in [0.25, 0.3) is 0 Å². The Labute approximate surface area is 311 Å². The molecule has 2 aromatic rings. The molecule has 3 atom stereocenters. The Balaban J connectivity index is 1.10. The van der Waals surface area contributed by atoms with E-state index in [2.05, 4.69) is 110 Å². The van der Waals surface area contributed by atoms with E-state index in [9.17, 15) is 0 Å². The van der Waals surface area contributed by atoms with Gasteiger partial charge < -0.3 is 5.32 Å². The second-order valence-corrected chi connectivity index (χ2v) is 16.2. The van der Waals surface area contributed by atoms with Crippen LogP contribution in [0.5, 0.6) is 0 Å². The van der Waals surface area contributed by atoms with E-state index in [1.165, 1.54) is 93.3 Å². The van der Waals surface area contributed by atoms with Crippen molar-refractivity contribution >= 4 is 28.5 Å². The molecule has 0 bridgehead atoms. The van der Waals surface area contributed by atoms with E-state index in [1.54, 1.807) is 33.4 Å². The third-order valence-electron chi connectivity index (χ3n) is 13.2. The molecule has 264 valence electrons. The number of allylic oxidation sites excluding steroid dienone is 19. The Hall–Kier alpha value is -4.36. The van der Waals surface area contributed by atoms with Gasteiger partial charge in [-0.25, -0.2) is 0 Å². The Kier molecular flexibility index (Phi) is 9.16. The van der Waals surface area contributed by atoms with Crippen LogP contribution in [-0.4, -0.2) is 0 Å². The summed E-state index contributed by atoms with van der Waals surface area (Å²) in [6, 6.07) is 9.61. The molecule has 7 aliphatic rings. The summed E-state index contributed by atoms with van der Waals surface area (Å²) in [7, 11) is 0. The summed E-state index contributed by atoms with van der Waals surface area (Å²) in [5.74, 6) is 1.16. The third kappa shape index (κ3) is 5.85. The van der Waals surface area contributed by atoms with Crippen LogP contribution in [0.1, 0.15) is 121 Å². The van der Waals surface area contributed by atoms with Gasteiger partial charge in [-0.1, -0.05) is 103 Å². The quantitative estimate of drug-likeness (QED) is 0.307. The number of nitrogens with one attached hydrogen (secondary N) is 1. The first-order valence-corrected chi connectivity index (χ1v) is 20.5. The normalized spacial score (nSPS) is 25.3. The minimum absolute atomic E-state index is 0.351. The monoisotopic (exact) mass is 681 g/mol. The molecule has 0 radical (unpaired) electrons. The molecule has 9 rings (SSSR count). The van der Waals surface area contributed by atoms with E-state index >= 15 is 0 Å². The Morgan fingerprint density at radius 3 is 2.62 bits per heavy atom. The molecule has 2 aromatic carbocycles. The summed E-state index contributed by atoms with van der Waals surface area (Å²) in [6.07, 6.45) is 43.2. The van der Waals surface area contributed by atoms with Crippen LogP contribution >= 0.6 is 0 Å². The minimum Gasteiger partial charge on any atom is -0.382 e. The molecule has 0 saturated heterocycles.